The van der Waals surface area contributed by atoms with Crippen molar-refractivity contribution >= 4 is 11.1 Å². The first-order valence-electron chi connectivity index (χ1n) is 7.69. The van der Waals surface area contributed by atoms with Crippen LogP contribution in [-0.2, 0) is 11.3 Å². The number of aromatic nitrogens is 1. The predicted octanol–water partition coefficient (Wildman–Crippen LogP) is 2.57. The first kappa shape index (κ1) is 14.4. The van der Waals surface area contributed by atoms with Crippen LogP contribution in [0.25, 0.3) is 11.1 Å². The molecule has 1 fully saturated rings. The van der Waals surface area contributed by atoms with Crippen LogP contribution in [0.1, 0.15) is 44.2 Å². The zero-order valence-corrected chi connectivity index (χ0v) is 12.4. The van der Waals surface area contributed by atoms with Gasteiger partial charge in [0.1, 0.15) is 0 Å². The summed E-state index contributed by atoms with van der Waals surface area (Å²) in [6.07, 6.45) is 4.16. The van der Waals surface area contributed by atoms with Crippen LogP contribution in [-0.4, -0.2) is 17.3 Å². The van der Waals surface area contributed by atoms with Gasteiger partial charge in [-0.2, -0.15) is 0 Å². The van der Waals surface area contributed by atoms with Crippen LogP contribution < -0.4 is 11.5 Å². The Bertz CT molecular complexity index is 668. The average Bonchev–Trinajstić information content (AvgIpc) is 3.07. The molecular formula is C16H22N2O3. The van der Waals surface area contributed by atoms with Crippen molar-refractivity contribution < 1.29 is 9.15 Å². The zero-order valence-electron chi connectivity index (χ0n) is 12.4. The number of aryl methyl sites for hydroxylation is 1. The van der Waals surface area contributed by atoms with Crippen molar-refractivity contribution in [1.29, 1.82) is 0 Å². The molecule has 2 unspecified atom stereocenters. The highest BCUT2D eigenvalue weighted by molar-refractivity contribution is 5.73. The van der Waals surface area contributed by atoms with Gasteiger partial charge in [0.05, 0.1) is 11.6 Å². The smallest absolute Gasteiger partial charge is 0.408 e. The Labute approximate surface area is 123 Å². The second-order valence-corrected chi connectivity index (χ2v) is 5.72. The Morgan fingerprint density at radius 2 is 2.33 bits per heavy atom. The van der Waals surface area contributed by atoms with Crippen molar-refractivity contribution in [1.82, 2.24) is 4.57 Å². The van der Waals surface area contributed by atoms with E-state index in [9.17, 15) is 4.79 Å². The van der Waals surface area contributed by atoms with Crippen LogP contribution in [0.5, 0.6) is 0 Å². The molecule has 2 aromatic rings. The molecule has 1 aromatic heterocycles. The summed E-state index contributed by atoms with van der Waals surface area (Å²) in [5.41, 5.74) is 8.72. The summed E-state index contributed by atoms with van der Waals surface area (Å²) in [7, 11) is 0. The molecule has 5 heteroatoms. The number of rotatable bonds is 5. The lowest BCUT2D eigenvalue weighted by Crippen LogP contribution is -2.18. The minimum Gasteiger partial charge on any atom is -0.408 e. The first-order valence-corrected chi connectivity index (χ1v) is 7.69. The van der Waals surface area contributed by atoms with Gasteiger partial charge >= 0.3 is 5.76 Å². The zero-order chi connectivity index (χ0) is 14.8. The van der Waals surface area contributed by atoms with Crippen molar-refractivity contribution in [2.75, 3.05) is 6.61 Å². The molecule has 1 saturated heterocycles. The summed E-state index contributed by atoms with van der Waals surface area (Å²) in [6.45, 7) is 3.55. The molecule has 3 rings (SSSR count). The van der Waals surface area contributed by atoms with E-state index in [0.29, 0.717) is 12.1 Å². The molecule has 114 valence electrons. The van der Waals surface area contributed by atoms with Gasteiger partial charge in [-0.05, 0) is 43.4 Å². The molecule has 5 nitrogen and oxygen atoms in total. The van der Waals surface area contributed by atoms with Gasteiger partial charge in [0.25, 0.3) is 0 Å². The summed E-state index contributed by atoms with van der Waals surface area (Å²) in [5, 5.41) is 0. The molecule has 0 spiro atoms. The lowest BCUT2D eigenvalue weighted by atomic mass is 10.00. The topological polar surface area (TPSA) is 70.4 Å². The minimum absolute atomic E-state index is 0.0858. The van der Waals surface area contributed by atoms with Crippen molar-refractivity contribution in [2.45, 2.75) is 51.3 Å². The molecular weight excluding hydrogens is 268 g/mol. The Hall–Kier alpha value is -1.59. The summed E-state index contributed by atoms with van der Waals surface area (Å²) < 4.78 is 12.6. The maximum atomic E-state index is 11.8. The van der Waals surface area contributed by atoms with Gasteiger partial charge in [-0.15, -0.1) is 0 Å². The number of hydrogen-bond acceptors (Lipinski definition) is 4. The average molecular weight is 290 g/mol. The summed E-state index contributed by atoms with van der Waals surface area (Å²) in [4.78, 5) is 11.8. The number of nitrogens with two attached hydrogens (primary N) is 1. The van der Waals surface area contributed by atoms with Gasteiger partial charge in [0.2, 0.25) is 0 Å². The molecule has 21 heavy (non-hydrogen) atoms. The fourth-order valence-electron chi connectivity index (χ4n) is 3.00. The third-order valence-corrected chi connectivity index (χ3v) is 4.11. The van der Waals surface area contributed by atoms with E-state index in [-0.39, 0.29) is 17.9 Å². The van der Waals surface area contributed by atoms with Crippen LogP contribution in [0.3, 0.4) is 0 Å². The van der Waals surface area contributed by atoms with Gasteiger partial charge in [0.15, 0.2) is 5.58 Å². The first-order chi connectivity index (χ1) is 10.2. The lowest BCUT2D eigenvalue weighted by Gasteiger charge is -2.16. The van der Waals surface area contributed by atoms with Gasteiger partial charge < -0.3 is 14.9 Å². The van der Waals surface area contributed by atoms with Crippen molar-refractivity contribution in [2.24, 2.45) is 5.73 Å². The van der Waals surface area contributed by atoms with Crippen LogP contribution in [0.2, 0.25) is 0 Å². The molecule has 2 heterocycles. The number of fused-ring (bicyclic) bond motifs is 1. The Kier molecular flexibility index (Phi) is 4.12. The maximum absolute atomic E-state index is 11.8. The third-order valence-electron chi connectivity index (χ3n) is 4.11. The normalized spacial score (nSPS) is 20.2. The quantitative estimate of drug-likeness (QED) is 0.918. The molecule has 2 atom stereocenters. The van der Waals surface area contributed by atoms with E-state index in [1.807, 2.05) is 25.1 Å². The van der Waals surface area contributed by atoms with Crippen molar-refractivity contribution in [3.05, 3.63) is 34.3 Å². The maximum Gasteiger partial charge on any atom is 0.419 e. The summed E-state index contributed by atoms with van der Waals surface area (Å²) >= 11 is 0. The van der Waals surface area contributed by atoms with Crippen molar-refractivity contribution in [3.63, 3.8) is 0 Å². The molecule has 0 amide bonds. The van der Waals surface area contributed by atoms with E-state index < -0.39 is 0 Å². The Morgan fingerprint density at radius 1 is 1.48 bits per heavy atom. The molecule has 1 aliphatic heterocycles. The van der Waals surface area contributed by atoms with E-state index >= 15 is 0 Å². The monoisotopic (exact) mass is 290 g/mol. The second-order valence-electron chi connectivity index (χ2n) is 5.72. The van der Waals surface area contributed by atoms with E-state index in [1.54, 1.807) is 4.57 Å². The second kappa shape index (κ2) is 6.03. The Balaban J connectivity index is 1.85. The lowest BCUT2D eigenvalue weighted by molar-refractivity contribution is 0.0983. The van der Waals surface area contributed by atoms with Crippen molar-refractivity contribution in [3.8, 4) is 0 Å². The van der Waals surface area contributed by atoms with Crippen LogP contribution >= 0.6 is 0 Å². The fraction of sp³-hybridized carbons (Fsp3) is 0.562. The number of nitrogens with zero attached hydrogens (tertiary/aromatic N) is 1. The van der Waals surface area contributed by atoms with Gasteiger partial charge in [-0.1, -0.05) is 13.0 Å². The fourth-order valence-corrected chi connectivity index (χ4v) is 3.00. The van der Waals surface area contributed by atoms with Crippen LogP contribution in [0, 0.1) is 0 Å². The van der Waals surface area contributed by atoms with Gasteiger partial charge in [0, 0.05) is 19.2 Å². The van der Waals surface area contributed by atoms with E-state index in [1.165, 1.54) is 0 Å². The van der Waals surface area contributed by atoms with E-state index in [0.717, 1.165) is 43.4 Å². The number of hydrogen-bond donors (Lipinski definition) is 1. The number of benzene rings is 1. The summed E-state index contributed by atoms with van der Waals surface area (Å²) in [5.74, 6) is -0.295. The molecule has 0 aliphatic carbocycles. The van der Waals surface area contributed by atoms with Gasteiger partial charge in [-0.3, -0.25) is 4.57 Å². The van der Waals surface area contributed by atoms with Crippen LogP contribution in [0.4, 0.5) is 0 Å². The molecule has 1 aromatic carbocycles. The SMILES string of the molecule is CCCn1c(=O)oc2cc(C(N)CC3CCCO3)ccc21. The third kappa shape index (κ3) is 2.89. The molecule has 0 radical (unpaired) electrons. The minimum atomic E-state index is -0.295. The molecule has 1 aliphatic rings. The van der Waals surface area contributed by atoms with Gasteiger partial charge in [-0.25, -0.2) is 4.79 Å². The number of ether oxygens (including phenoxy) is 1. The largest absolute Gasteiger partial charge is 0.419 e. The van der Waals surface area contributed by atoms with E-state index in [2.05, 4.69) is 0 Å². The highest BCUT2D eigenvalue weighted by Gasteiger charge is 2.20. The van der Waals surface area contributed by atoms with Crippen LogP contribution in [0.15, 0.2) is 27.4 Å². The highest BCUT2D eigenvalue weighted by Crippen LogP contribution is 2.25. The molecule has 2 N–H and O–H groups in total. The highest BCUT2D eigenvalue weighted by atomic mass is 16.5. The molecule has 0 bridgehead atoms. The number of oxazole rings is 1. The Morgan fingerprint density at radius 3 is 3.05 bits per heavy atom. The standard InChI is InChI=1S/C16H22N2O3/c1-2-7-18-14-6-5-11(9-15(14)21-16(18)19)13(17)10-12-4-3-8-20-12/h5-6,9,12-13H,2-4,7-8,10,17H2,1H3. The molecule has 0 saturated carbocycles. The predicted molar refractivity (Wildman–Crippen MR) is 81.3 cm³/mol. The summed E-state index contributed by atoms with van der Waals surface area (Å²) in [6, 6.07) is 5.73. The van der Waals surface area contributed by atoms with E-state index in [4.69, 9.17) is 14.9 Å².